The van der Waals surface area contributed by atoms with E-state index in [9.17, 15) is 27.5 Å². The number of rotatable bonds is 10. The van der Waals surface area contributed by atoms with Crippen molar-refractivity contribution in [1.29, 1.82) is 0 Å². The molecule has 0 radical (unpaired) electrons. The zero-order chi connectivity index (χ0) is 29.9. The van der Waals surface area contributed by atoms with E-state index in [1.807, 2.05) is 6.92 Å². The van der Waals surface area contributed by atoms with Gasteiger partial charge in [-0.2, -0.15) is 9.78 Å². The number of aryl methyl sites for hydroxylation is 1. The van der Waals surface area contributed by atoms with Gasteiger partial charge in [0.1, 0.15) is 16.5 Å². The van der Waals surface area contributed by atoms with Gasteiger partial charge in [0.2, 0.25) is 15.9 Å². The fourth-order valence-corrected chi connectivity index (χ4v) is 5.46. The zero-order valence-corrected chi connectivity index (χ0v) is 23.6. The van der Waals surface area contributed by atoms with Crippen LogP contribution in [0.4, 0.5) is 10.1 Å². The molecule has 12 heteroatoms. The van der Waals surface area contributed by atoms with Gasteiger partial charge in [-0.15, -0.1) is 0 Å². The second-order valence-corrected chi connectivity index (χ2v) is 11.1. The van der Waals surface area contributed by atoms with Crippen molar-refractivity contribution in [2.45, 2.75) is 45.1 Å². The molecule has 0 unspecified atom stereocenters. The van der Waals surface area contributed by atoms with Crippen LogP contribution in [0.2, 0.25) is 0 Å². The minimum absolute atomic E-state index is 0.0781. The number of aromatic nitrogens is 2. The normalized spacial score (nSPS) is 12.1. The lowest BCUT2D eigenvalue weighted by Crippen LogP contribution is -2.32. The highest BCUT2D eigenvalue weighted by molar-refractivity contribution is 7.89. The molecule has 4 rings (SSSR count). The van der Waals surface area contributed by atoms with Gasteiger partial charge in [-0.05, 0) is 81.3 Å². The number of sulfonamides is 1. The van der Waals surface area contributed by atoms with Crippen molar-refractivity contribution < 1.29 is 32.2 Å². The van der Waals surface area contributed by atoms with Gasteiger partial charge < -0.3 is 15.2 Å². The molecule has 0 aliphatic carbocycles. The van der Waals surface area contributed by atoms with E-state index in [1.165, 1.54) is 49.4 Å². The van der Waals surface area contributed by atoms with Crippen molar-refractivity contribution in [3.8, 4) is 17.3 Å². The van der Waals surface area contributed by atoms with Crippen LogP contribution in [0.15, 0.2) is 71.6 Å². The predicted molar refractivity (Wildman–Crippen MR) is 151 cm³/mol. The minimum atomic E-state index is -4.18. The number of nitrogens with one attached hydrogen (secondary N) is 2. The molecule has 4 aromatic rings. The number of ether oxygens (including phenoxy) is 1. The summed E-state index contributed by atoms with van der Waals surface area (Å²) in [5.41, 5.74) is 1.46. The average molecular weight is 581 g/mol. The van der Waals surface area contributed by atoms with E-state index < -0.39 is 33.8 Å². The summed E-state index contributed by atoms with van der Waals surface area (Å²) in [5.74, 6) is -2.48. The Kier molecular flexibility index (Phi) is 8.55. The summed E-state index contributed by atoms with van der Waals surface area (Å²) in [4.78, 5) is 24.5. The molecule has 3 N–H and O–H groups in total. The molecule has 1 heterocycles. The number of carboxylic acid groups (broad SMARTS) is 1. The third-order valence-electron chi connectivity index (χ3n) is 6.40. The van der Waals surface area contributed by atoms with Crippen LogP contribution >= 0.6 is 0 Å². The Morgan fingerprint density at radius 2 is 1.76 bits per heavy atom. The summed E-state index contributed by atoms with van der Waals surface area (Å²) < 4.78 is 50.4. The van der Waals surface area contributed by atoms with Crippen LogP contribution in [0.3, 0.4) is 0 Å². The number of benzene rings is 3. The standard InChI is InChI=1S/C29H29FN4O6S/c1-5-18(3)33-41(38,39)25-16-21(31-27(35)23-9-7-6-8-17(23)2)12-15-24(25)40-28-19(4)26(29(36)37)32-34(28)22-13-10-20(30)11-14-22/h6-16,18,33H,5H2,1-4H3,(H,31,35)(H,36,37)/t18-/m1/s1. The number of carbonyl (C=O) groups excluding carboxylic acids is 1. The number of nitrogens with zero attached hydrogens (tertiary/aromatic N) is 2. The van der Waals surface area contributed by atoms with Gasteiger partial charge >= 0.3 is 5.97 Å². The second-order valence-electron chi connectivity index (χ2n) is 9.44. The van der Waals surface area contributed by atoms with E-state index >= 15 is 0 Å². The molecule has 0 spiro atoms. The van der Waals surface area contributed by atoms with E-state index in [0.29, 0.717) is 17.7 Å². The second kappa shape index (κ2) is 11.9. The highest BCUT2D eigenvalue weighted by atomic mass is 32.2. The highest BCUT2D eigenvalue weighted by Gasteiger charge is 2.27. The molecule has 214 valence electrons. The van der Waals surface area contributed by atoms with Crippen molar-refractivity contribution in [2.75, 3.05) is 5.32 Å². The molecule has 0 aliphatic heterocycles. The van der Waals surface area contributed by atoms with Gasteiger partial charge in [-0.1, -0.05) is 25.1 Å². The van der Waals surface area contributed by atoms with Crippen LogP contribution in [-0.4, -0.2) is 41.2 Å². The smallest absolute Gasteiger partial charge is 0.356 e. The number of carbonyl (C=O) groups is 2. The summed E-state index contributed by atoms with van der Waals surface area (Å²) in [6.07, 6.45) is 0.511. The van der Waals surface area contributed by atoms with Crippen molar-refractivity contribution in [1.82, 2.24) is 14.5 Å². The summed E-state index contributed by atoms with van der Waals surface area (Å²) >= 11 is 0. The Bertz CT molecular complexity index is 1720. The lowest BCUT2D eigenvalue weighted by molar-refractivity contribution is 0.0689. The maximum atomic E-state index is 13.6. The lowest BCUT2D eigenvalue weighted by atomic mass is 10.1. The van der Waals surface area contributed by atoms with E-state index in [0.717, 1.165) is 10.2 Å². The maximum Gasteiger partial charge on any atom is 0.356 e. The molecule has 3 aromatic carbocycles. The van der Waals surface area contributed by atoms with Crippen LogP contribution in [-0.2, 0) is 10.0 Å². The third-order valence-corrected chi connectivity index (χ3v) is 8.01. The first-order valence-electron chi connectivity index (χ1n) is 12.7. The fraction of sp³-hybridized carbons (Fsp3) is 0.207. The van der Waals surface area contributed by atoms with Gasteiger partial charge in [0.05, 0.1) is 5.69 Å². The molecule has 1 amide bonds. The Balaban J connectivity index is 1.82. The van der Waals surface area contributed by atoms with Crippen LogP contribution in [0.25, 0.3) is 5.69 Å². The summed E-state index contributed by atoms with van der Waals surface area (Å²) in [5, 5.41) is 16.5. The number of hydrogen-bond donors (Lipinski definition) is 3. The van der Waals surface area contributed by atoms with Crippen LogP contribution < -0.4 is 14.8 Å². The summed E-state index contributed by atoms with van der Waals surface area (Å²) in [6, 6.07) is 15.8. The molecule has 10 nitrogen and oxygen atoms in total. The van der Waals surface area contributed by atoms with Gasteiger partial charge in [-0.25, -0.2) is 22.3 Å². The average Bonchev–Trinajstić information content (AvgIpc) is 3.25. The minimum Gasteiger partial charge on any atom is -0.476 e. The molecule has 1 atom stereocenters. The number of amides is 1. The van der Waals surface area contributed by atoms with E-state index in [2.05, 4.69) is 15.1 Å². The Morgan fingerprint density at radius 3 is 2.39 bits per heavy atom. The van der Waals surface area contributed by atoms with Crippen molar-refractivity contribution in [2.24, 2.45) is 0 Å². The maximum absolute atomic E-state index is 13.6. The van der Waals surface area contributed by atoms with Crippen molar-refractivity contribution in [3.63, 3.8) is 0 Å². The van der Waals surface area contributed by atoms with Crippen molar-refractivity contribution in [3.05, 3.63) is 94.9 Å². The predicted octanol–water partition coefficient (Wildman–Crippen LogP) is 5.45. The van der Waals surface area contributed by atoms with Crippen LogP contribution in [0, 0.1) is 19.7 Å². The van der Waals surface area contributed by atoms with E-state index in [-0.39, 0.29) is 33.5 Å². The number of halogens is 1. The number of aromatic carboxylic acids is 1. The highest BCUT2D eigenvalue weighted by Crippen LogP contribution is 2.35. The molecule has 1 aromatic heterocycles. The Hall–Kier alpha value is -4.55. The lowest BCUT2D eigenvalue weighted by Gasteiger charge is -2.18. The van der Waals surface area contributed by atoms with E-state index in [4.69, 9.17) is 4.74 Å². The fourth-order valence-electron chi connectivity index (χ4n) is 3.98. The Labute approximate surface area is 236 Å². The third kappa shape index (κ3) is 6.44. The first-order valence-corrected chi connectivity index (χ1v) is 14.2. The first-order chi connectivity index (χ1) is 19.4. The van der Waals surface area contributed by atoms with Gasteiger partial charge in [0.15, 0.2) is 5.69 Å². The molecule has 0 fully saturated rings. The van der Waals surface area contributed by atoms with Crippen LogP contribution in [0.1, 0.15) is 52.2 Å². The topological polar surface area (TPSA) is 140 Å². The summed E-state index contributed by atoms with van der Waals surface area (Å²) in [6.45, 7) is 6.78. The molecular formula is C29H29FN4O6S. The quantitative estimate of drug-likeness (QED) is 0.227. The monoisotopic (exact) mass is 580 g/mol. The molecular weight excluding hydrogens is 551 g/mol. The summed E-state index contributed by atoms with van der Waals surface area (Å²) in [7, 11) is -4.18. The zero-order valence-electron chi connectivity index (χ0n) is 22.8. The molecule has 41 heavy (non-hydrogen) atoms. The molecule has 0 aliphatic rings. The van der Waals surface area contributed by atoms with Gasteiger partial charge in [-0.3, -0.25) is 4.79 Å². The first kappa shape index (κ1) is 29.4. The number of hydrogen-bond acceptors (Lipinski definition) is 6. The Morgan fingerprint density at radius 1 is 1.07 bits per heavy atom. The number of carboxylic acids is 1. The van der Waals surface area contributed by atoms with E-state index in [1.54, 1.807) is 38.1 Å². The molecule has 0 saturated carbocycles. The van der Waals surface area contributed by atoms with Gasteiger partial charge in [0, 0.05) is 22.9 Å². The van der Waals surface area contributed by atoms with Crippen molar-refractivity contribution >= 4 is 27.6 Å². The SMILES string of the molecule is CC[C@@H](C)NS(=O)(=O)c1cc(NC(=O)c2ccccc2C)ccc1Oc1c(C)c(C(=O)O)nn1-c1ccc(F)cc1. The molecule has 0 saturated heterocycles. The largest absolute Gasteiger partial charge is 0.476 e. The van der Waals surface area contributed by atoms with Crippen LogP contribution in [0.5, 0.6) is 11.6 Å². The number of anilines is 1. The van der Waals surface area contributed by atoms with Gasteiger partial charge in [0.25, 0.3) is 5.91 Å². The molecule has 0 bridgehead atoms.